The van der Waals surface area contributed by atoms with Gasteiger partial charge in [0.05, 0.1) is 37.6 Å². The summed E-state index contributed by atoms with van der Waals surface area (Å²) in [5.74, 6) is 3.81. The molecule has 9 nitrogen and oxygen atoms in total. The number of amides is 2. The first-order valence-corrected chi connectivity index (χ1v) is 14.0. The molecule has 2 amide bonds. The van der Waals surface area contributed by atoms with E-state index in [9.17, 15) is 9.59 Å². The number of hydrogen-bond acceptors (Lipinski definition) is 8. The summed E-state index contributed by atoms with van der Waals surface area (Å²) in [6.45, 7) is 8.79. The molecule has 3 aliphatic rings. The molecule has 0 radical (unpaired) electrons. The lowest BCUT2D eigenvalue weighted by Gasteiger charge is -2.36. The number of thioether (sulfide) groups is 1. The molecule has 0 bridgehead atoms. The van der Waals surface area contributed by atoms with Gasteiger partial charge in [-0.25, -0.2) is 9.18 Å². The SMILES string of the molecule is CC(=O)NC[C@H]1CN(c2ccc(N3CCN(Cc4ccc(CN5CCSCC5)o4)CC3)c(F)c2)C(=O)O1. The molecule has 3 aliphatic heterocycles. The van der Waals surface area contributed by atoms with Gasteiger partial charge in [0.1, 0.15) is 23.4 Å². The Morgan fingerprint density at radius 1 is 1.03 bits per heavy atom. The number of nitrogens with zero attached hydrogens (tertiary/aromatic N) is 4. The number of furan rings is 1. The molecule has 0 aliphatic carbocycles. The number of piperazine rings is 1. The van der Waals surface area contributed by atoms with E-state index < -0.39 is 12.2 Å². The van der Waals surface area contributed by atoms with E-state index >= 15 is 4.39 Å². The molecule has 0 saturated carbocycles. The maximum atomic E-state index is 15.1. The van der Waals surface area contributed by atoms with Gasteiger partial charge in [0.15, 0.2) is 0 Å². The largest absolute Gasteiger partial charge is 0.463 e. The van der Waals surface area contributed by atoms with Crippen LogP contribution in [0.15, 0.2) is 34.7 Å². The average molecular weight is 532 g/mol. The maximum Gasteiger partial charge on any atom is 0.414 e. The standard InChI is InChI=1S/C26H34FN5O4S/c1-19(33)28-15-23-18-32(26(34)36-23)20-2-5-25(24(27)14-20)31-8-6-29(7-9-31)16-21-3-4-22(35-21)17-30-10-12-37-13-11-30/h2-5,14,23H,6-13,15-18H2,1H3,(H,28,33)/t23-/m0/s1. The Morgan fingerprint density at radius 2 is 1.70 bits per heavy atom. The first kappa shape index (κ1) is 25.9. The van der Waals surface area contributed by atoms with Gasteiger partial charge in [-0.1, -0.05) is 0 Å². The van der Waals surface area contributed by atoms with Crippen molar-refractivity contribution in [2.24, 2.45) is 0 Å². The molecule has 1 N–H and O–H groups in total. The Morgan fingerprint density at radius 3 is 2.35 bits per heavy atom. The minimum Gasteiger partial charge on any atom is -0.463 e. The lowest BCUT2D eigenvalue weighted by molar-refractivity contribution is -0.119. The summed E-state index contributed by atoms with van der Waals surface area (Å²) >= 11 is 2.01. The van der Waals surface area contributed by atoms with Crippen LogP contribution in [0.25, 0.3) is 0 Å². The molecule has 11 heteroatoms. The van der Waals surface area contributed by atoms with Gasteiger partial charge in [-0.3, -0.25) is 19.5 Å². The highest BCUT2D eigenvalue weighted by Gasteiger charge is 2.33. The number of carbonyl (C=O) groups excluding carboxylic acids is 2. The average Bonchev–Trinajstić information content (AvgIpc) is 3.49. The predicted octanol–water partition coefficient (Wildman–Crippen LogP) is 2.75. The molecule has 0 unspecified atom stereocenters. The van der Waals surface area contributed by atoms with Crippen molar-refractivity contribution >= 4 is 35.1 Å². The number of benzene rings is 1. The van der Waals surface area contributed by atoms with E-state index in [-0.39, 0.29) is 24.8 Å². The predicted molar refractivity (Wildman–Crippen MR) is 141 cm³/mol. The van der Waals surface area contributed by atoms with Gasteiger partial charge >= 0.3 is 6.09 Å². The van der Waals surface area contributed by atoms with Crippen molar-refractivity contribution in [1.82, 2.24) is 15.1 Å². The van der Waals surface area contributed by atoms with Gasteiger partial charge < -0.3 is 19.4 Å². The second-order valence-electron chi connectivity index (χ2n) is 9.71. The summed E-state index contributed by atoms with van der Waals surface area (Å²) in [5.41, 5.74) is 0.984. The minimum absolute atomic E-state index is 0.189. The van der Waals surface area contributed by atoms with Crippen LogP contribution in [0.1, 0.15) is 18.4 Å². The fraction of sp³-hybridized carbons (Fsp3) is 0.538. The zero-order valence-electron chi connectivity index (χ0n) is 21.2. The maximum absolute atomic E-state index is 15.1. The van der Waals surface area contributed by atoms with E-state index in [0.717, 1.165) is 50.8 Å². The number of cyclic esters (lactones) is 1. The summed E-state index contributed by atoms with van der Waals surface area (Å²) in [6, 6.07) is 9.02. The van der Waals surface area contributed by atoms with Crippen LogP contribution in [-0.4, -0.2) is 91.8 Å². The van der Waals surface area contributed by atoms with Crippen LogP contribution in [0, 0.1) is 5.82 Å². The number of ether oxygens (including phenoxy) is 1. The number of hydrogen-bond donors (Lipinski definition) is 1. The van der Waals surface area contributed by atoms with Crippen LogP contribution >= 0.6 is 11.8 Å². The lowest BCUT2D eigenvalue weighted by atomic mass is 10.2. The first-order valence-electron chi connectivity index (χ1n) is 12.8. The van der Waals surface area contributed by atoms with Crippen molar-refractivity contribution in [3.05, 3.63) is 47.7 Å². The van der Waals surface area contributed by atoms with Crippen LogP contribution in [0.2, 0.25) is 0 Å². The summed E-state index contributed by atoms with van der Waals surface area (Å²) in [5, 5.41) is 2.64. The molecule has 1 aromatic heterocycles. The molecule has 1 aromatic carbocycles. The number of halogens is 1. The number of anilines is 2. The van der Waals surface area contributed by atoms with Gasteiger partial charge in [0, 0.05) is 57.7 Å². The lowest BCUT2D eigenvalue weighted by Crippen LogP contribution is -2.46. The Balaban J connectivity index is 1.11. The van der Waals surface area contributed by atoms with E-state index in [1.165, 1.54) is 29.4 Å². The normalized spacial score (nSPS) is 21.4. The molecule has 2 aromatic rings. The minimum atomic E-state index is -0.535. The second kappa shape index (κ2) is 11.7. The molecule has 4 heterocycles. The molecular weight excluding hydrogens is 497 g/mol. The first-order chi connectivity index (χ1) is 17.9. The second-order valence-corrected chi connectivity index (χ2v) is 10.9. The highest BCUT2D eigenvalue weighted by atomic mass is 32.2. The third-order valence-electron chi connectivity index (χ3n) is 6.99. The van der Waals surface area contributed by atoms with E-state index in [4.69, 9.17) is 9.15 Å². The van der Waals surface area contributed by atoms with Gasteiger partial charge in [-0.2, -0.15) is 11.8 Å². The van der Waals surface area contributed by atoms with E-state index in [0.29, 0.717) is 24.5 Å². The van der Waals surface area contributed by atoms with E-state index in [2.05, 4.69) is 27.2 Å². The van der Waals surface area contributed by atoms with Crippen LogP contribution in [-0.2, 0) is 22.6 Å². The Hall–Kier alpha value is -2.76. The molecule has 3 fully saturated rings. The summed E-state index contributed by atoms with van der Waals surface area (Å²) in [7, 11) is 0. The quantitative estimate of drug-likeness (QED) is 0.557. The summed E-state index contributed by atoms with van der Waals surface area (Å²) in [4.78, 5) is 31.6. The van der Waals surface area contributed by atoms with Crippen molar-refractivity contribution in [3.63, 3.8) is 0 Å². The number of rotatable bonds is 8. The molecule has 200 valence electrons. The van der Waals surface area contributed by atoms with E-state index in [1.54, 1.807) is 12.1 Å². The highest BCUT2D eigenvalue weighted by molar-refractivity contribution is 7.99. The third kappa shape index (κ3) is 6.58. The summed E-state index contributed by atoms with van der Waals surface area (Å²) in [6.07, 6.45) is -0.992. The van der Waals surface area contributed by atoms with E-state index in [1.807, 2.05) is 16.7 Å². The van der Waals surface area contributed by atoms with Crippen molar-refractivity contribution in [2.45, 2.75) is 26.1 Å². The molecule has 0 spiro atoms. The van der Waals surface area contributed by atoms with Crippen LogP contribution in [0.5, 0.6) is 0 Å². The van der Waals surface area contributed by atoms with Gasteiger partial charge in [-0.05, 0) is 30.3 Å². The topological polar surface area (TPSA) is 81.5 Å². The third-order valence-corrected chi connectivity index (χ3v) is 7.93. The van der Waals surface area contributed by atoms with Crippen molar-refractivity contribution in [2.75, 3.05) is 73.7 Å². The smallest absolute Gasteiger partial charge is 0.414 e. The van der Waals surface area contributed by atoms with Crippen LogP contribution < -0.4 is 15.1 Å². The number of nitrogens with one attached hydrogen (secondary N) is 1. The molecular formula is C26H34FN5O4S. The van der Waals surface area contributed by atoms with Crippen molar-refractivity contribution in [3.8, 4) is 0 Å². The Kier molecular flexibility index (Phi) is 8.21. The van der Waals surface area contributed by atoms with Crippen molar-refractivity contribution < 1.29 is 23.1 Å². The highest BCUT2D eigenvalue weighted by Crippen LogP contribution is 2.29. The fourth-order valence-electron chi connectivity index (χ4n) is 4.96. The van der Waals surface area contributed by atoms with Gasteiger partial charge in [0.25, 0.3) is 0 Å². The number of carbonyl (C=O) groups is 2. The van der Waals surface area contributed by atoms with Crippen molar-refractivity contribution in [1.29, 1.82) is 0 Å². The zero-order valence-corrected chi connectivity index (χ0v) is 22.0. The molecule has 5 rings (SSSR count). The molecule has 3 saturated heterocycles. The van der Waals surface area contributed by atoms with Gasteiger partial charge in [-0.15, -0.1) is 0 Å². The Labute approximate surface area is 220 Å². The molecule has 1 atom stereocenters. The van der Waals surface area contributed by atoms with Crippen LogP contribution in [0.4, 0.5) is 20.6 Å². The fourth-order valence-corrected chi connectivity index (χ4v) is 5.93. The van der Waals surface area contributed by atoms with Crippen LogP contribution in [0.3, 0.4) is 0 Å². The zero-order chi connectivity index (χ0) is 25.8. The van der Waals surface area contributed by atoms with Gasteiger partial charge in [0.2, 0.25) is 5.91 Å². The molecule has 37 heavy (non-hydrogen) atoms. The monoisotopic (exact) mass is 531 g/mol. The Bertz CT molecular complexity index is 1100. The summed E-state index contributed by atoms with van der Waals surface area (Å²) < 4.78 is 26.5.